The van der Waals surface area contributed by atoms with Crippen molar-refractivity contribution < 1.29 is 9.53 Å². The molecule has 0 unspecified atom stereocenters. The quantitative estimate of drug-likeness (QED) is 0.616. The number of benzene rings is 1. The summed E-state index contributed by atoms with van der Waals surface area (Å²) < 4.78 is 5.14. The molecular formula is C18H20O2S. The van der Waals surface area contributed by atoms with E-state index in [1.54, 1.807) is 18.4 Å². The molecule has 1 heterocycles. The normalized spacial score (nSPS) is 14.3. The van der Waals surface area contributed by atoms with Gasteiger partial charge in [0.25, 0.3) is 0 Å². The fourth-order valence-electron chi connectivity index (χ4n) is 2.82. The fourth-order valence-corrected chi connectivity index (χ4v) is 4.01. The Bertz CT molecular complexity index is 602. The van der Waals surface area contributed by atoms with Crippen LogP contribution >= 0.6 is 11.3 Å². The number of carbonyl (C=O) groups excluding carboxylic acids is 1. The van der Waals surface area contributed by atoms with Crippen molar-refractivity contribution >= 4 is 17.1 Å². The van der Waals surface area contributed by atoms with Crippen molar-refractivity contribution in [3.8, 4) is 5.75 Å². The SMILES string of the molecule is COc1ccc(CC(=O)c2cc3c(s2)CCCCC3)cc1. The maximum atomic E-state index is 12.5. The summed E-state index contributed by atoms with van der Waals surface area (Å²) in [4.78, 5) is 14.8. The summed E-state index contributed by atoms with van der Waals surface area (Å²) in [5, 5.41) is 0. The van der Waals surface area contributed by atoms with Gasteiger partial charge in [0.1, 0.15) is 5.75 Å². The van der Waals surface area contributed by atoms with Crippen LogP contribution in [0.15, 0.2) is 30.3 Å². The van der Waals surface area contributed by atoms with E-state index in [0.717, 1.165) is 29.0 Å². The van der Waals surface area contributed by atoms with Crippen molar-refractivity contribution in [2.75, 3.05) is 7.11 Å². The molecule has 21 heavy (non-hydrogen) atoms. The molecule has 1 aromatic heterocycles. The minimum atomic E-state index is 0.234. The third kappa shape index (κ3) is 3.35. The van der Waals surface area contributed by atoms with Gasteiger partial charge in [0.2, 0.25) is 0 Å². The van der Waals surface area contributed by atoms with Crippen LogP contribution in [0.2, 0.25) is 0 Å². The third-order valence-electron chi connectivity index (χ3n) is 4.05. The standard InChI is InChI=1S/C18H20O2S/c1-20-15-9-7-13(8-10-15)11-16(19)18-12-14-5-3-2-4-6-17(14)21-18/h7-10,12H,2-6,11H2,1H3. The topological polar surface area (TPSA) is 26.3 Å². The number of fused-ring (bicyclic) bond motifs is 1. The van der Waals surface area contributed by atoms with Gasteiger partial charge in [0.15, 0.2) is 5.78 Å². The molecule has 1 aliphatic carbocycles. The van der Waals surface area contributed by atoms with E-state index >= 15 is 0 Å². The van der Waals surface area contributed by atoms with Gasteiger partial charge in [-0.2, -0.15) is 0 Å². The van der Waals surface area contributed by atoms with E-state index in [-0.39, 0.29) is 5.78 Å². The van der Waals surface area contributed by atoms with E-state index in [1.165, 1.54) is 29.7 Å². The van der Waals surface area contributed by atoms with Crippen LogP contribution < -0.4 is 4.74 Å². The Morgan fingerprint density at radius 2 is 1.90 bits per heavy atom. The van der Waals surface area contributed by atoms with Gasteiger partial charge in [-0.1, -0.05) is 18.6 Å². The van der Waals surface area contributed by atoms with Crippen LogP contribution in [0.1, 0.15) is 44.9 Å². The van der Waals surface area contributed by atoms with Gasteiger partial charge in [-0.25, -0.2) is 0 Å². The number of Topliss-reactive ketones (excluding diaryl/α,β-unsaturated/α-hetero) is 1. The number of hydrogen-bond donors (Lipinski definition) is 0. The molecular weight excluding hydrogens is 280 g/mol. The summed E-state index contributed by atoms with van der Waals surface area (Å²) in [6.07, 6.45) is 6.60. The predicted molar refractivity (Wildman–Crippen MR) is 86.6 cm³/mol. The van der Waals surface area contributed by atoms with E-state index in [2.05, 4.69) is 6.07 Å². The van der Waals surface area contributed by atoms with Gasteiger partial charge in [0, 0.05) is 11.3 Å². The van der Waals surface area contributed by atoms with Crippen molar-refractivity contribution in [1.82, 2.24) is 0 Å². The van der Waals surface area contributed by atoms with Crippen LogP contribution in [0.5, 0.6) is 5.75 Å². The van der Waals surface area contributed by atoms with E-state index in [4.69, 9.17) is 4.74 Å². The molecule has 0 saturated heterocycles. The Hall–Kier alpha value is -1.61. The fraction of sp³-hybridized carbons (Fsp3) is 0.389. The van der Waals surface area contributed by atoms with Crippen LogP contribution in [0.4, 0.5) is 0 Å². The zero-order valence-corrected chi connectivity index (χ0v) is 13.2. The van der Waals surface area contributed by atoms with Gasteiger partial charge in [-0.3, -0.25) is 4.79 Å². The largest absolute Gasteiger partial charge is 0.497 e. The minimum absolute atomic E-state index is 0.234. The molecule has 0 fully saturated rings. The lowest BCUT2D eigenvalue weighted by molar-refractivity contribution is 0.0996. The Labute approximate surface area is 129 Å². The Morgan fingerprint density at radius 1 is 1.14 bits per heavy atom. The molecule has 0 radical (unpaired) electrons. The molecule has 0 N–H and O–H groups in total. The number of thiophene rings is 1. The molecule has 0 amide bonds. The maximum Gasteiger partial charge on any atom is 0.177 e. The predicted octanol–water partition coefficient (Wildman–Crippen LogP) is 4.45. The van der Waals surface area contributed by atoms with Gasteiger partial charge in [-0.15, -0.1) is 11.3 Å². The van der Waals surface area contributed by atoms with E-state index in [1.807, 2.05) is 24.3 Å². The molecule has 0 aliphatic heterocycles. The minimum Gasteiger partial charge on any atom is -0.497 e. The Balaban J connectivity index is 1.72. The Morgan fingerprint density at radius 3 is 2.67 bits per heavy atom. The summed E-state index contributed by atoms with van der Waals surface area (Å²) >= 11 is 1.71. The van der Waals surface area contributed by atoms with E-state index in [9.17, 15) is 4.79 Å². The number of aryl methyl sites for hydroxylation is 2. The summed E-state index contributed by atoms with van der Waals surface area (Å²) in [6, 6.07) is 9.89. The Kier molecular flexibility index (Phi) is 4.39. The number of hydrogen-bond acceptors (Lipinski definition) is 3. The lowest BCUT2D eigenvalue weighted by atomic mass is 10.1. The second-order valence-corrected chi connectivity index (χ2v) is 6.70. The molecule has 2 nitrogen and oxygen atoms in total. The highest BCUT2D eigenvalue weighted by atomic mass is 32.1. The highest BCUT2D eigenvalue weighted by Crippen LogP contribution is 2.29. The second kappa shape index (κ2) is 6.44. The summed E-state index contributed by atoms with van der Waals surface area (Å²) in [6.45, 7) is 0. The highest BCUT2D eigenvalue weighted by molar-refractivity contribution is 7.14. The van der Waals surface area contributed by atoms with Crippen molar-refractivity contribution in [1.29, 1.82) is 0 Å². The van der Waals surface area contributed by atoms with Gasteiger partial charge in [-0.05, 0) is 55.0 Å². The van der Waals surface area contributed by atoms with E-state index < -0.39 is 0 Å². The molecule has 1 aliphatic rings. The van der Waals surface area contributed by atoms with Crippen molar-refractivity contribution in [3.63, 3.8) is 0 Å². The van der Waals surface area contributed by atoms with Crippen LogP contribution in [-0.4, -0.2) is 12.9 Å². The third-order valence-corrected chi connectivity index (χ3v) is 5.32. The average Bonchev–Trinajstić information content (AvgIpc) is 2.79. The first kappa shape index (κ1) is 14.3. The van der Waals surface area contributed by atoms with Crippen molar-refractivity contribution in [2.24, 2.45) is 0 Å². The first-order valence-corrected chi connectivity index (χ1v) is 8.35. The lowest BCUT2D eigenvalue weighted by Crippen LogP contribution is -2.01. The van der Waals surface area contributed by atoms with Crippen LogP contribution in [0.25, 0.3) is 0 Å². The molecule has 1 aromatic carbocycles. The zero-order valence-electron chi connectivity index (χ0n) is 12.4. The van der Waals surface area contributed by atoms with Crippen molar-refractivity contribution in [2.45, 2.75) is 38.5 Å². The van der Waals surface area contributed by atoms with Crippen molar-refractivity contribution in [3.05, 3.63) is 51.2 Å². The molecule has 0 bridgehead atoms. The first-order valence-electron chi connectivity index (χ1n) is 7.54. The highest BCUT2D eigenvalue weighted by Gasteiger charge is 2.16. The number of rotatable bonds is 4. The molecule has 2 aromatic rings. The van der Waals surface area contributed by atoms with E-state index in [0.29, 0.717) is 6.42 Å². The number of ketones is 1. The number of ether oxygens (including phenoxy) is 1. The van der Waals surface area contributed by atoms with Gasteiger partial charge in [0.05, 0.1) is 12.0 Å². The number of carbonyl (C=O) groups is 1. The molecule has 0 saturated carbocycles. The molecule has 3 rings (SSSR count). The summed E-state index contributed by atoms with van der Waals surface area (Å²) in [7, 11) is 1.65. The maximum absolute atomic E-state index is 12.5. The summed E-state index contributed by atoms with van der Waals surface area (Å²) in [5.74, 6) is 1.06. The summed E-state index contributed by atoms with van der Waals surface area (Å²) in [5.41, 5.74) is 2.46. The molecule has 0 atom stereocenters. The monoisotopic (exact) mass is 300 g/mol. The second-order valence-electron chi connectivity index (χ2n) is 5.57. The smallest absolute Gasteiger partial charge is 0.177 e. The lowest BCUT2D eigenvalue weighted by Gasteiger charge is -2.02. The molecule has 110 valence electrons. The molecule has 3 heteroatoms. The first-order chi connectivity index (χ1) is 10.3. The van der Waals surface area contributed by atoms with Crippen LogP contribution in [-0.2, 0) is 19.3 Å². The number of methoxy groups -OCH3 is 1. The van der Waals surface area contributed by atoms with Crippen LogP contribution in [0, 0.1) is 0 Å². The van der Waals surface area contributed by atoms with Gasteiger partial charge < -0.3 is 4.74 Å². The molecule has 0 spiro atoms. The average molecular weight is 300 g/mol. The van der Waals surface area contributed by atoms with Gasteiger partial charge >= 0.3 is 0 Å². The zero-order chi connectivity index (χ0) is 14.7. The van der Waals surface area contributed by atoms with Crippen LogP contribution in [0.3, 0.4) is 0 Å².